The van der Waals surface area contributed by atoms with E-state index < -0.39 is 11.9 Å². The third kappa shape index (κ3) is 8.36. The van der Waals surface area contributed by atoms with Crippen LogP contribution < -0.4 is 15.2 Å². The van der Waals surface area contributed by atoms with Gasteiger partial charge in [0.05, 0.1) is 12.1 Å². The second-order valence-corrected chi connectivity index (χ2v) is 11.9. The van der Waals surface area contributed by atoms with Crippen LogP contribution in [0.5, 0.6) is 5.75 Å². The second kappa shape index (κ2) is 15.0. The number of nitrogens with zero attached hydrogens (tertiary/aromatic N) is 3. The number of carbonyl (C=O) groups excluding carboxylic acids is 1. The summed E-state index contributed by atoms with van der Waals surface area (Å²) >= 11 is 1.79. The van der Waals surface area contributed by atoms with Crippen LogP contribution in [0, 0.1) is 0 Å². The van der Waals surface area contributed by atoms with Crippen LogP contribution in [0.2, 0.25) is 0 Å². The van der Waals surface area contributed by atoms with Gasteiger partial charge < -0.3 is 19.5 Å². The lowest BCUT2D eigenvalue weighted by Crippen LogP contribution is -2.46. The van der Waals surface area contributed by atoms with Gasteiger partial charge in [-0.05, 0) is 79.4 Å². The third-order valence-corrected chi connectivity index (χ3v) is 8.80. The molecule has 0 bridgehead atoms. The largest absolute Gasteiger partial charge is 0.494 e. The van der Waals surface area contributed by atoms with Gasteiger partial charge in [-0.25, -0.2) is 0 Å². The summed E-state index contributed by atoms with van der Waals surface area (Å²) in [6, 6.07) is 17.6. The summed E-state index contributed by atoms with van der Waals surface area (Å²) in [6.07, 6.45) is 3.98. The number of fused-ring (bicyclic) bond motifs is 2. The highest BCUT2D eigenvalue weighted by atomic mass is 32.1. The molecule has 5 rings (SSSR count). The smallest absolute Gasteiger partial charge is 0.307 e. The lowest BCUT2D eigenvalue weighted by molar-refractivity contribution is -0.147. The van der Waals surface area contributed by atoms with E-state index in [-0.39, 0.29) is 25.1 Å². The average Bonchev–Trinajstić information content (AvgIpc) is 3.50. The number of carboxylic acids is 1. The van der Waals surface area contributed by atoms with Crippen molar-refractivity contribution >= 4 is 50.0 Å². The number of anilines is 1. The van der Waals surface area contributed by atoms with Gasteiger partial charge in [-0.3, -0.25) is 23.9 Å². The molecule has 3 heterocycles. The van der Waals surface area contributed by atoms with Gasteiger partial charge in [0.1, 0.15) is 5.75 Å². The molecule has 10 heteroatoms. The van der Waals surface area contributed by atoms with Gasteiger partial charge >= 0.3 is 11.9 Å². The predicted octanol–water partition coefficient (Wildman–Crippen LogP) is 5.73. The van der Waals surface area contributed by atoms with E-state index >= 15 is 0 Å². The molecule has 1 fully saturated rings. The Bertz CT molecular complexity index is 1590. The highest BCUT2D eigenvalue weighted by molar-refractivity contribution is 7.17. The quantitative estimate of drug-likeness (QED) is 0.135. The van der Waals surface area contributed by atoms with Crippen molar-refractivity contribution in [3.8, 4) is 5.75 Å². The van der Waals surface area contributed by atoms with Gasteiger partial charge in [0.15, 0.2) is 6.73 Å². The minimum absolute atomic E-state index is 0.0936. The fraction of sp³-hybridized carbons (Fsp3) is 0.424. The highest BCUT2D eigenvalue weighted by Crippen LogP contribution is 2.31. The number of hydrogen-bond acceptors (Lipinski definition) is 8. The molecule has 0 unspecified atom stereocenters. The fourth-order valence-electron chi connectivity index (χ4n) is 5.52. The number of thiophene rings is 1. The van der Waals surface area contributed by atoms with Crippen molar-refractivity contribution in [3.63, 3.8) is 0 Å². The molecule has 0 radical (unpaired) electrons. The van der Waals surface area contributed by atoms with E-state index in [4.69, 9.17) is 14.6 Å². The van der Waals surface area contributed by atoms with Crippen molar-refractivity contribution in [2.45, 2.75) is 51.7 Å². The lowest BCUT2D eigenvalue weighted by atomic mass is 10.1. The monoisotopic (exact) mass is 605 g/mol. The zero-order valence-electron chi connectivity index (χ0n) is 24.4. The molecule has 0 aliphatic carbocycles. The van der Waals surface area contributed by atoms with Crippen LogP contribution in [-0.2, 0) is 21.1 Å². The summed E-state index contributed by atoms with van der Waals surface area (Å²) in [5.41, 5.74) is 1.73. The third-order valence-electron chi connectivity index (χ3n) is 7.91. The first kappa shape index (κ1) is 30.6. The molecular weight excluding hydrogens is 566 g/mol. The minimum Gasteiger partial charge on any atom is -0.494 e. The van der Waals surface area contributed by atoms with Crippen LogP contribution >= 0.6 is 11.3 Å². The van der Waals surface area contributed by atoms with E-state index in [1.54, 1.807) is 17.4 Å². The molecule has 1 aliphatic heterocycles. The van der Waals surface area contributed by atoms with E-state index in [2.05, 4.69) is 39.4 Å². The molecule has 0 atom stereocenters. The Morgan fingerprint density at radius 2 is 1.70 bits per heavy atom. The van der Waals surface area contributed by atoms with Crippen LogP contribution in [0.25, 0.3) is 21.0 Å². The molecule has 1 saturated heterocycles. The van der Waals surface area contributed by atoms with E-state index in [1.807, 2.05) is 18.2 Å². The number of aromatic nitrogens is 1. The SMILES string of the molecule is O=C(O)CCCCCC(=O)OCn1c(=O)ccc2ccc(OCCCCN3CCN(c4cccc5sccc45)CC3)cc21. The molecule has 43 heavy (non-hydrogen) atoms. The molecule has 0 spiro atoms. The van der Waals surface area contributed by atoms with Crippen molar-refractivity contribution in [3.05, 3.63) is 70.3 Å². The summed E-state index contributed by atoms with van der Waals surface area (Å²) in [5.74, 6) is -0.574. The van der Waals surface area contributed by atoms with Gasteiger partial charge in [-0.15, -0.1) is 11.3 Å². The lowest BCUT2D eigenvalue weighted by Gasteiger charge is -2.36. The molecule has 1 aliphatic rings. The number of rotatable bonds is 15. The first-order chi connectivity index (χ1) is 21.0. The Balaban J connectivity index is 1.04. The number of ether oxygens (including phenoxy) is 2. The first-order valence-electron chi connectivity index (χ1n) is 15.1. The number of piperazine rings is 1. The van der Waals surface area contributed by atoms with Gasteiger partial charge in [0, 0.05) is 66.9 Å². The summed E-state index contributed by atoms with van der Waals surface area (Å²) in [5, 5.41) is 13.1. The Kier molecular flexibility index (Phi) is 10.7. The standard InChI is InChI=1S/C33H39N3O6S/c37-31-14-12-25-11-13-26(23-29(25)36(31)24-42-33(40)10-3-1-2-9-32(38)39)41-21-5-4-16-34-17-19-35(20-18-34)28-7-6-8-30-27(28)15-22-43-30/h6-8,11-15,22-23H,1-5,9-10,16-21,24H2,(H,38,39). The fourth-order valence-corrected chi connectivity index (χ4v) is 6.32. The van der Waals surface area contributed by atoms with E-state index in [9.17, 15) is 14.4 Å². The van der Waals surface area contributed by atoms with Crippen LogP contribution in [0.1, 0.15) is 44.9 Å². The zero-order valence-corrected chi connectivity index (χ0v) is 25.2. The number of pyridine rings is 1. The molecule has 228 valence electrons. The molecule has 1 N–H and O–H groups in total. The molecule has 4 aromatic rings. The van der Waals surface area contributed by atoms with E-state index in [0.29, 0.717) is 37.1 Å². The molecule has 9 nitrogen and oxygen atoms in total. The van der Waals surface area contributed by atoms with Crippen LogP contribution in [0.15, 0.2) is 64.8 Å². The summed E-state index contributed by atoms with van der Waals surface area (Å²) < 4.78 is 14.2. The molecule has 2 aromatic carbocycles. The van der Waals surface area contributed by atoms with Crippen LogP contribution in [0.3, 0.4) is 0 Å². The number of unbranched alkanes of at least 4 members (excludes halogenated alkanes) is 3. The first-order valence-corrected chi connectivity index (χ1v) is 15.9. The van der Waals surface area contributed by atoms with Crippen molar-refractivity contribution < 1.29 is 24.2 Å². The molecular formula is C33H39N3O6S. The average molecular weight is 606 g/mol. The van der Waals surface area contributed by atoms with Crippen molar-refractivity contribution in [2.75, 3.05) is 44.2 Å². The number of esters is 1. The molecule has 2 aromatic heterocycles. The molecule has 0 amide bonds. The zero-order chi connectivity index (χ0) is 30.0. The second-order valence-electron chi connectivity index (χ2n) is 10.9. The van der Waals surface area contributed by atoms with Crippen LogP contribution in [-0.4, -0.2) is 65.8 Å². The maximum Gasteiger partial charge on any atom is 0.307 e. The van der Waals surface area contributed by atoms with Crippen molar-refractivity contribution in [1.82, 2.24) is 9.47 Å². The normalized spacial score (nSPS) is 13.9. The topological polar surface area (TPSA) is 101 Å². The maximum atomic E-state index is 12.6. The Hall–Kier alpha value is -3.89. The number of hydrogen-bond donors (Lipinski definition) is 1. The Morgan fingerprint density at radius 3 is 2.53 bits per heavy atom. The van der Waals surface area contributed by atoms with Crippen LogP contribution in [0.4, 0.5) is 5.69 Å². The van der Waals surface area contributed by atoms with E-state index in [1.165, 1.54) is 26.4 Å². The summed E-state index contributed by atoms with van der Waals surface area (Å²) in [4.78, 5) is 40.4. The maximum absolute atomic E-state index is 12.6. The van der Waals surface area contributed by atoms with Gasteiger partial charge in [-0.1, -0.05) is 12.5 Å². The number of carbonyl (C=O) groups is 2. The van der Waals surface area contributed by atoms with Gasteiger partial charge in [0.2, 0.25) is 0 Å². The Morgan fingerprint density at radius 1 is 0.884 bits per heavy atom. The summed E-state index contributed by atoms with van der Waals surface area (Å²) in [7, 11) is 0. The predicted molar refractivity (Wildman–Crippen MR) is 170 cm³/mol. The number of aliphatic carboxylic acids is 1. The van der Waals surface area contributed by atoms with E-state index in [0.717, 1.165) is 51.0 Å². The minimum atomic E-state index is -0.838. The highest BCUT2D eigenvalue weighted by Gasteiger charge is 2.18. The summed E-state index contributed by atoms with van der Waals surface area (Å²) in [6.45, 7) is 5.63. The Labute approximate surface area is 255 Å². The molecule has 0 saturated carbocycles. The van der Waals surface area contributed by atoms with Crippen molar-refractivity contribution in [1.29, 1.82) is 0 Å². The number of benzene rings is 2. The van der Waals surface area contributed by atoms with Gasteiger partial charge in [-0.2, -0.15) is 0 Å². The number of carboxylic acid groups (broad SMARTS) is 1. The van der Waals surface area contributed by atoms with Gasteiger partial charge in [0.25, 0.3) is 5.56 Å². The van der Waals surface area contributed by atoms with Crippen molar-refractivity contribution in [2.24, 2.45) is 0 Å².